The minimum absolute atomic E-state index is 0.102. The van der Waals surface area contributed by atoms with Crippen molar-refractivity contribution in [3.05, 3.63) is 54.4 Å². The molecule has 5 heteroatoms. The van der Waals surface area contributed by atoms with E-state index in [2.05, 4.69) is 10.3 Å². The Morgan fingerprint density at radius 1 is 1.12 bits per heavy atom. The number of piperidine rings is 1. The molecule has 1 atom stereocenters. The van der Waals surface area contributed by atoms with Crippen molar-refractivity contribution < 1.29 is 9.59 Å². The predicted molar refractivity (Wildman–Crippen MR) is 92.4 cm³/mol. The highest BCUT2D eigenvalue weighted by atomic mass is 16.2. The van der Waals surface area contributed by atoms with Gasteiger partial charge in [0.25, 0.3) is 5.91 Å². The number of pyridine rings is 1. The van der Waals surface area contributed by atoms with E-state index in [0.717, 1.165) is 24.0 Å². The van der Waals surface area contributed by atoms with Crippen LogP contribution in [0.3, 0.4) is 0 Å². The second-order valence-electron chi connectivity index (χ2n) is 5.95. The van der Waals surface area contributed by atoms with Crippen LogP contribution in [-0.2, 0) is 4.79 Å². The first-order valence-electron chi connectivity index (χ1n) is 8.23. The molecule has 124 valence electrons. The Morgan fingerprint density at radius 3 is 2.67 bits per heavy atom. The zero-order valence-electron chi connectivity index (χ0n) is 13.7. The molecule has 24 heavy (non-hydrogen) atoms. The van der Waals surface area contributed by atoms with Crippen LogP contribution in [0.25, 0.3) is 11.1 Å². The number of hydrogen-bond donors (Lipinski definition) is 1. The molecular formula is C19H21N3O2. The van der Waals surface area contributed by atoms with Gasteiger partial charge >= 0.3 is 0 Å². The summed E-state index contributed by atoms with van der Waals surface area (Å²) in [6.07, 6.45) is 5.91. The van der Waals surface area contributed by atoms with Crippen molar-refractivity contribution in [1.29, 1.82) is 0 Å². The molecule has 1 aromatic heterocycles. The molecule has 2 aromatic rings. The number of carbonyl (C=O) groups is 2. The highest BCUT2D eigenvalue weighted by molar-refractivity contribution is 5.98. The quantitative estimate of drug-likeness (QED) is 0.944. The number of rotatable bonds is 3. The minimum Gasteiger partial charge on any atom is -0.357 e. The molecule has 0 bridgehead atoms. The Balaban J connectivity index is 1.88. The molecule has 0 saturated carbocycles. The molecule has 1 aliphatic rings. The highest BCUT2D eigenvalue weighted by Gasteiger charge is 2.32. The van der Waals surface area contributed by atoms with E-state index in [9.17, 15) is 9.59 Å². The first kappa shape index (κ1) is 16.2. The summed E-state index contributed by atoms with van der Waals surface area (Å²) in [5, 5.41) is 2.66. The van der Waals surface area contributed by atoms with Gasteiger partial charge in [-0.3, -0.25) is 14.6 Å². The van der Waals surface area contributed by atoms with E-state index in [-0.39, 0.29) is 11.8 Å². The van der Waals surface area contributed by atoms with Gasteiger partial charge in [0.15, 0.2) is 0 Å². The zero-order valence-corrected chi connectivity index (χ0v) is 13.7. The van der Waals surface area contributed by atoms with Crippen LogP contribution in [0.5, 0.6) is 0 Å². The monoisotopic (exact) mass is 323 g/mol. The maximum atomic E-state index is 12.9. The first-order chi connectivity index (χ1) is 11.7. The summed E-state index contributed by atoms with van der Waals surface area (Å²) in [6.45, 7) is 0.604. The molecule has 5 nitrogen and oxygen atoms in total. The largest absolute Gasteiger partial charge is 0.357 e. The van der Waals surface area contributed by atoms with Crippen molar-refractivity contribution in [3.8, 4) is 11.1 Å². The number of likely N-dealkylation sites (tertiary alicyclic amines) is 1. The smallest absolute Gasteiger partial charge is 0.256 e. The predicted octanol–water partition coefficient (Wildman–Crippen LogP) is 2.49. The third kappa shape index (κ3) is 3.30. The standard InChI is InChI=1S/C19H21N3O2/c1-20-18(23)17-9-5-6-10-22(17)19(24)16-11-15(12-21-13-16)14-7-3-2-4-8-14/h2-4,7-8,11-13,17H,5-6,9-10H2,1H3,(H,20,23). The van der Waals surface area contributed by atoms with E-state index >= 15 is 0 Å². The van der Waals surface area contributed by atoms with Crippen LogP contribution >= 0.6 is 0 Å². The number of nitrogens with one attached hydrogen (secondary N) is 1. The molecule has 1 N–H and O–H groups in total. The van der Waals surface area contributed by atoms with Gasteiger partial charge < -0.3 is 10.2 Å². The van der Waals surface area contributed by atoms with Crippen LogP contribution < -0.4 is 5.32 Å². The summed E-state index contributed by atoms with van der Waals surface area (Å²) >= 11 is 0. The summed E-state index contributed by atoms with van der Waals surface area (Å²) in [6, 6.07) is 11.3. The van der Waals surface area contributed by atoms with E-state index in [4.69, 9.17) is 0 Å². The molecule has 2 heterocycles. The third-order valence-electron chi connectivity index (χ3n) is 4.41. The van der Waals surface area contributed by atoms with Gasteiger partial charge in [0.2, 0.25) is 5.91 Å². The summed E-state index contributed by atoms with van der Waals surface area (Å²) in [7, 11) is 1.61. The van der Waals surface area contributed by atoms with Gasteiger partial charge in [-0.1, -0.05) is 30.3 Å². The Labute approximate surface area is 141 Å². The Morgan fingerprint density at radius 2 is 1.92 bits per heavy atom. The van der Waals surface area contributed by atoms with E-state index in [1.807, 2.05) is 36.4 Å². The molecule has 1 fully saturated rings. The molecule has 1 saturated heterocycles. The molecule has 0 radical (unpaired) electrons. The molecule has 1 unspecified atom stereocenters. The fourth-order valence-corrected chi connectivity index (χ4v) is 3.13. The van der Waals surface area contributed by atoms with Gasteiger partial charge in [0.1, 0.15) is 6.04 Å². The Bertz CT molecular complexity index is 730. The Kier molecular flexibility index (Phi) is 4.89. The number of nitrogens with zero attached hydrogens (tertiary/aromatic N) is 2. The van der Waals surface area contributed by atoms with Gasteiger partial charge in [-0.05, 0) is 30.9 Å². The van der Waals surface area contributed by atoms with Crippen molar-refractivity contribution in [2.24, 2.45) is 0 Å². The van der Waals surface area contributed by atoms with Crippen molar-refractivity contribution in [2.45, 2.75) is 25.3 Å². The number of benzene rings is 1. The summed E-state index contributed by atoms with van der Waals surface area (Å²) < 4.78 is 0. The van der Waals surface area contributed by atoms with Gasteiger partial charge in [-0.25, -0.2) is 0 Å². The van der Waals surface area contributed by atoms with Crippen LogP contribution in [0.2, 0.25) is 0 Å². The second kappa shape index (κ2) is 7.25. The lowest BCUT2D eigenvalue weighted by atomic mass is 9.99. The van der Waals surface area contributed by atoms with Gasteiger partial charge in [-0.2, -0.15) is 0 Å². The molecule has 2 amide bonds. The van der Waals surface area contributed by atoms with Gasteiger partial charge in [0, 0.05) is 31.5 Å². The number of carbonyl (C=O) groups excluding carboxylic acids is 2. The number of hydrogen-bond acceptors (Lipinski definition) is 3. The van der Waals surface area contributed by atoms with Crippen LogP contribution in [0.4, 0.5) is 0 Å². The lowest BCUT2D eigenvalue weighted by Gasteiger charge is -2.34. The normalized spacial score (nSPS) is 17.4. The molecule has 0 aliphatic carbocycles. The molecule has 1 aromatic carbocycles. The molecule has 0 spiro atoms. The number of amides is 2. The van der Waals surface area contributed by atoms with Gasteiger partial charge in [0.05, 0.1) is 5.56 Å². The van der Waals surface area contributed by atoms with E-state index in [1.54, 1.807) is 24.3 Å². The lowest BCUT2D eigenvalue weighted by molar-refractivity contribution is -0.126. The van der Waals surface area contributed by atoms with Gasteiger partial charge in [-0.15, -0.1) is 0 Å². The first-order valence-corrected chi connectivity index (χ1v) is 8.23. The summed E-state index contributed by atoms with van der Waals surface area (Å²) in [5.41, 5.74) is 2.43. The molecule has 1 aliphatic heterocycles. The highest BCUT2D eigenvalue weighted by Crippen LogP contribution is 2.23. The van der Waals surface area contributed by atoms with Crippen molar-refractivity contribution in [1.82, 2.24) is 15.2 Å². The van der Waals surface area contributed by atoms with Crippen molar-refractivity contribution in [2.75, 3.05) is 13.6 Å². The Hall–Kier alpha value is -2.69. The second-order valence-corrected chi connectivity index (χ2v) is 5.95. The van der Waals surface area contributed by atoms with E-state index in [1.165, 1.54) is 0 Å². The van der Waals surface area contributed by atoms with E-state index in [0.29, 0.717) is 18.5 Å². The molecular weight excluding hydrogens is 302 g/mol. The topological polar surface area (TPSA) is 62.3 Å². The van der Waals surface area contributed by atoms with Crippen LogP contribution in [0, 0.1) is 0 Å². The maximum absolute atomic E-state index is 12.9. The fraction of sp³-hybridized carbons (Fsp3) is 0.316. The number of aromatic nitrogens is 1. The van der Waals surface area contributed by atoms with Crippen LogP contribution in [0.1, 0.15) is 29.6 Å². The van der Waals surface area contributed by atoms with Crippen LogP contribution in [0.15, 0.2) is 48.8 Å². The molecule has 3 rings (SSSR count). The average Bonchev–Trinajstić information content (AvgIpc) is 2.67. The average molecular weight is 323 g/mol. The zero-order chi connectivity index (χ0) is 16.9. The third-order valence-corrected chi connectivity index (χ3v) is 4.41. The summed E-state index contributed by atoms with van der Waals surface area (Å²) in [5.74, 6) is -0.233. The minimum atomic E-state index is -0.392. The SMILES string of the molecule is CNC(=O)C1CCCCN1C(=O)c1cncc(-c2ccccc2)c1. The maximum Gasteiger partial charge on any atom is 0.256 e. The van der Waals surface area contributed by atoms with Crippen LogP contribution in [-0.4, -0.2) is 41.3 Å². The lowest BCUT2D eigenvalue weighted by Crippen LogP contribution is -2.51. The fourth-order valence-electron chi connectivity index (χ4n) is 3.13. The van der Waals surface area contributed by atoms with Crippen molar-refractivity contribution in [3.63, 3.8) is 0 Å². The number of likely N-dealkylation sites (N-methyl/N-ethyl adjacent to an activating group) is 1. The summed E-state index contributed by atoms with van der Waals surface area (Å²) in [4.78, 5) is 30.9. The van der Waals surface area contributed by atoms with Crippen molar-refractivity contribution >= 4 is 11.8 Å². The van der Waals surface area contributed by atoms with E-state index < -0.39 is 6.04 Å².